The quantitative estimate of drug-likeness (QED) is 0.690. The van der Waals surface area contributed by atoms with Crippen molar-refractivity contribution < 1.29 is 4.74 Å². The molecule has 0 saturated carbocycles. The molecular formula is C20H27NO. The predicted octanol–water partition coefficient (Wildman–Crippen LogP) is 5.02. The van der Waals surface area contributed by atoms with E-state index < -0.39 is 0 Å². The first-order chi connectivity index (χ1) is 10.7. The van der Waals surface area contributed by atoms with Crippen LogP contribution in [0.15, 0.2) is 48.5 Å². The standard InChI is InChI=1S/C20H27NO/c1-4-5-14-22-20-12-10-19(11-13-20)17(3)21-15-18-8-6-16(2)7-9-18/h6-13,17,21H,4-5,14-15H2,1-3H3. The summed E-state index contributed by atoms with van der Waals surface area (Å²) in [6, 6.07) is 17.4. The lowest BCUT2D eigenvalue weighted by Crippen LogP contribution is -2.18. The van der Waals surface area contributed by atoms with Crippen LogP contribution in [0.1, 0.15) is 49.4 Å². The van der Waals surface area contributed by atoms with E-state index in [0.29, 0.717) is 6.04 Å². The zero-order valence-corrected chi connectivity index (χ0v) is 13.9. The Kier molecular flexibility index (Phi) is 6.47. The van der Waals surface area contributed by atoms with Gasteiger partial charge in [0.25, 0.3) is 0 Å². The van der Waals surface area contributed by atoms with Crippen LogP contribution in [0.4, 0.5) is 0 Å². The van der Waals surface area contributed by atoms with Crippen molar-refractivity contribution in [3.05, 3.63) is 65.2 Å². The second-order valence-electron chi connectivity index (χ2n) is 5.86. The van der Waals surface area contributed by atoms with Crippen LogP contribution < -0.4 is 10.1 Å². The van der Waals surface area contributed by atoms with Gasteiger partial charge in [0.1, 0.15) is 5.75 Å². The van der Waals surface area contributed by atoms with Crippen LogP contribution in [0, 0.1) is 6.92 Å². The monoisotopic (exact) mass is 297 g/mol. The molecule has 22 heavy (non-hydrogen) atoms. The highest BCUT2D eigenvalue weighted by Gasteiger charge is 2.05. The van der Waals surface area contributed by atoms with Crippen molar-refractivity contribution >= 4 is 0 Å². The van der Waals surface area contributed by atoms with Crippen molar-refractivity contribution in [2.75, 3.05) is 6.61 Å². The molecule has 0 fully saturated rings. The number of ether oxygens (including phenoxy) is 1. The number of unbranched alkanes of at least 4 members (excludes halogenated alkanes) is 1. The second-order valence-corrected chi connectivity index (χ2v) is 5.86. The van der Waals surface area contributed by atoms with E-state index in [1.165, 1.54) is 16.7 Å². The van der Waals surface area contributed by atoms with Crippen molar-refractivity contribution in [2.45, 2.75) is 46.2 Å². The van der Waals surface area contributed by atoms with Crippen LogP contribution in [0.2, 0.25) is 0 Å². The van der Waals surface area contributed by atoms with E-state index in [4.69, 9.17) is 4.74 Å². The van der Waals surface area contributed by atoms with Crippen LogP contribution in [-0.2, 0) is 6.54 Å². The highest BCUT2D eigenvalue weighted by molar-refractivity contribution is 5.29. The summed E-state index contributed by atoms with van der Waals surface area (Å²) in [5.74, 6) is 0.961. The molecule has 1 N–H and O–H groups in total. The molecule has 0 saturated heterocycles. The van der Waals surface area contributed by atoms with Gasteiger partial charge in [-0.1, -0.05) is 55.3 Å². The summed E-state index contributed by atoms with van der Waals surface area (Å²) in [7, 11) is 0. The number of hydrogen-bond donors (Lipinski definition) is 1. The lowest BCUT2D eigenvalue weighted by atomic mass is 10.1. The van der Waals surface area contributed by atoms with Crippen LogP contribution in [0.3, 0.4) is 0 Å². The number of hydrogen-bond acceptors (Lipinski definition) is 2. The smallest absolute Gasteiger partial charge is 0.119 e. The van der Waals surface area contributed by atoms with Crippen molar-refractivity contribution in [3.8, 4) is 5.75 Å². The molecule has 0 aliphatic rings. The Bertz CT molecular complexity index is 545. The molecule has 2 rings (SSSR count). The molecule has 2 aromatic rings. The van der Waals surface area contributed by atoms with Gasteiger partial charge in [0.2, 0.25) is 0 Å². The molecule has 2 heteroatoms. The minimum atomic E-state index is 0.325. The lowest BCUT2D eigenvalue weighted by molar-refractivity contribution is 0.309. The summed E-state index contributed by atoms with van der Waals surface area (Å²) in [6.45, 7) is 8.17. The first-order valence-corrected chi connectivity index (χ1v) is 8.20. The molecule has 118 valence electrons. The number of rotatable bonds is 8. The third-order valence-corrected chi connectivity index (χ3v) is 3.88. The van der Waals surface area contributed by atoms with E-state index in [1.54, 1.807) is 0 Å². The van der Waals surface area contributed by atoms with Gasteiger partial charge < -0.3 is 10.1 Å². The van der Waals surface area contributed by atoms with E-state index in [9.17, 15) is 0 Å². The molecule has 0 amide bonds. The molecule has 2 aromatic carbocycles. The Hall–Kier alpha value is -1.80. The predicted molar refractivity (Wildman–Crippen MR) is 93.3 cm³/mol. The Balaban J connectivity index is 1.84. The average molecular weight is 297 g/mol. The van der Waals surface area contributed by atoms with Gasteiger partial charge >= 0.3 is 0 Å². The third-order valence-electron chi connectivity index (χ3n) is 3.88. The maximum absolute atomic E-state index is 5.70. The van der Waals surface area contributed by atoms with E-state index in [0.717, 1.165) is 31.7 Å². The molecule has 0 aromatic heterocycles. The van der Waals surface area contributed by atoms with Gasteiger partial charge in [-0.05, 0) is 43.5 Å². The van der Waals surface area contributed by atoms with Gasteiger partial charge in [-0.3, -0.25) is 0 Å². The van der Waals surface area contributed by atoms with Crippen molar-refractivity contribution in [3.63, 3.8) is 0 Å². The van der Waals surface area contributed by atoms with Gasteiger partial charge in [-0.15, -0.1) is 0 Å². The van der Waals surface area contributed by atoms with Gasteiger partial charge in [0.05, 0.1) is 6.61 Å². The molecule has 0 bridgehead atoms. The second kappa shape index (κ2) is 8.60. The Morgan fingerprint density at radius 1 is 1.00 bits per heavy atom. The number of aryl methyl sites for hydroxylation is 1. The van der Waals surface area contributed by atoms with Crippen LogP contribution in [0.5, 0.6) is 5.75 Å². The Morgan fingerprint density at radius 3 is 2.32 bits per heavy atom. The molecule has 2 nitrogen and oxygen atoms in total. The summed E-state index contributed by atoms with van der Waals surface area (Å²) in [4.78, 5) is 0. The minimum Gasteiger partial charge on any atom is -0.494 e. The first kappa shape index (κ1) is 16.6. The highest BCUT2D eigenvalue weighted by Crippen LogP contribution is 2.18. The van der Waals surface area contributed by atoms with Crippen LogP contribution >= 0.6 is 0 Å². The van der Waals surface area contributed by atoms with Crippen molar-refractivity contribution in [1.29, 1.82) is 0 Å². The van der Waals surface area contributed by atoms with Crippen molar-refractivity contribution in [2.24, 2.45) is 0 Å². The zero-order valence-electron chi connectivity index (χ0n) is 13.9. The van der Waals surface area contributed by atoms with Gasteiger partial charge in [-0.25, -0.2) is 0 Å². The molecule has 0 spiro atoms. The minimum absolute atomic E-state index is 0.325. The summed E-state index contributed by atoms with van der Waals surface area (Å²) in [6.07, 6.45) is 2.27. The summed E-state index contributed by atoms with van der Waals surface area (Å²) in [5, 5.41) is 3.57. The first-order valence-electron chi connectivity index (χ1n) is 8.20. The molecular weight excluding hydrogens is 270 g/mol. The van der Waals surface area contributed by atoms with E-state index in [2.05, 4.69) is 74.6 Å². The van der Waals surface area contributed by atoms with Gasteiger partial charge in [0.15, 0.2) is 0 Å². The average Bonchev–Trinajstić information content (AvgIpc) is 2.55. The van der Waals surface area contributed by atoms with E-state index in [-0.39, 0.29) is 0 Å². The van der Waals surface area contributed by atoms with Gasteiger partial charge in [0, 0.05) is 12.6 Å². The molecule has 0 aliphatic heterocycles. The topological polar surface area (TPSA) is 21.3 Å². The zero-order chi connectivity index (χ0) is 15.8. The van der Waals surface area contributed by atoms with Gasteiger partial charge in [-0.2, -0.15) is 0 Å². The fourth-order valence-electron chi connectivity index (χ4n) is 2.28. The summed E-state index contributed by atoms with van der Waals surface area (Å²) in [5.41, 5.74) is 3.90. The maximum Gasteiger partial charge on any atom is 0.119 e. The molecule has 0 aliphatic carbocycles. The summed E-state index contributed by atoms with van der Waals surface area (Å²) < 4.78 is 5.70. The molecule has 0 heterocycles. The largest absolute Gasteiger partial charge is 0.494 e. The SMILES string of the molecule is CCCCOc1ccc(C(C)NCc2ccc(C)cc2)cc1. The van der Waals surface area contributed by atoms with Crippen molar-refractivity contribution in [1.82, 2.24) is 5.32 Å². The fraction of sp³-hybridized carbons (Fsp3) is 0.400. The molecule has 0 radical (unpaired) electrons. The normalized spacial score (nSPS) is 12.1. The molecule has 1 atom stereocenters. The van der Waals surface area contributed by atoms with E-state index >= 15 is 0 Å². The molecule has 1 unspecified atom stereocenters. The highest BCUT2D eigenvalue weighted by atomic mass is 16.5. The Morgan fingerprint density at radius 2 is 1.68 bits per heavy atom. The van der Waals surface area contributed by atoms with E-state index in [1.807, 2.05) is 0 Å². The lowest BCUT2D eigenvalue weighted by Gasteiger charge is -2.15. The number of nitrogens with one attached hydrogen (secondary N) is 1. The van der Waals surface area contributed by atoms with Crippen LogP contribution in [-0.4, -0.2) is 6.61 Å². The fourth-order valence-corrected chi connectivity index (χ4v) is 2.28. The maximum atomic E-state index is 5.70. The number of benzene rings is 2. The Labute approximate surface area is 134 Å². The summed E-state index contributed by atoms with van der Waals surface area (Å²) >= 11 is 0. The van der Waals surface area contributed by atoms with Crippen LogP contribution in [0.25, 0.3) is 0 Å². The third kappa shape index (κ3) is 5.19.